The van der Waals surface area contributed by atoms with Crippen molar-refractivity contribution in [2.24, 2.45) is 11.1 Å². The molecule has 4 heterocycles. The zero-order valence-corrected chi connectivity index (χ0v) is 26.3. The zero-order valence-electron chi connectivity index (χ0n) is 25.5. The summed E-state index contributed by atoms with van der Waals surface area (Å²) in [5, 5.41) is 9.38. The van der Waals surface area contributed by atoms with Crippen molar-refractivity contribution in [2.45, 2.75) is 89.0 Å². The summed E-state index contributed by atoms with van der Waals surface area (Å²) in [6.45, 7) is 7.89. The third-order valence-corrected chi connectivity index (χ3v) is 11.6. The Labute approximate surface area is 258 Å². The SMILES string of the molecule is CC1(C)Cc2c(c3c(n2-c2cc(F)c(C(N)=O)c(N[C@H]4CC[C@H](NC(=O)NCCN5CCCC5)CC4)c2)COC3)S(=O)(=O)C1. The summed E-state index contributed by atoms with van der Waals surface area (Å²) >= 11 is 0. The van der Waals surface area contributed by atoms with Gasteiger partial charge in [-0.15, -0.1) is 0 Å². The molecule has 3 aliphatic heterocycles. The Hall–Kier alpha value is -3.16. The predicted molar refractivity (Wildman–Crippen MR) is 164 cm³/mol. The minimum absolute atomic E-state index is 0.0257. The molecule has 5 N–H and O–H groups in total. The first-order valence-electron chi connectivity index (χ1n) is 15.6. The highest BCUT2D eigenvalue weighted by Crippen LogP contribution is 2.44. The molecule has 1 aromatic carbocycles. The Morgan fingerprint density at radius 3 is 2.48 bits per heavy atom. The summed E-state index contributed by atoms with van der Waals surface area (Å²) in [7, 11) is -3.57. The van der Waals surface area contributed by atoms with Gasteiger partial charge in [-0.05, 0) is 75.6 Å². The summed E-state index contributed by atoms with van der Waals surface area (Å²) in [6, 6.07) is 2.74. The second-order valence-electron chi connectivity index (χ2n) is 13.5. The summed E-state index contributed by atoms with van der Waals surface area (Å²) in [6.07, 6.45) is 5.81. The average Bonchev–Trinajstić information content (AvgIpc) is 3.66. The van der Waals surface area contributed by atoms with Crippen LogP contribution in [0.1, 0.15) is 79.7 Å². The van der Waals surface area contributed by atoms with Gasteiger partial charge in [0.15, 0.2) is 9.84 Å². The molecule has 0 bridgehead atoms. The van der Waals surface area contributed by atoms with Crippen molar-refractivity contribution in [1.82, 2.24) is 20.1 Å². The monoisotopic (exact) mass is 630 g/mol. The largest absolute Gasteiger partial charge is 0.382 e. The smallest absolute Gasteiger partial charge is 0.315 e. The van der Waals surface area contributed by atoms with E-state index in [-0.39, 0.29) is 48.3 Å². The molecule has 2 fully saturated rings. The van der Waals surface area contributed by atoms with E-state index in [1.807, 2.05) is 13.8 Å². The predicted octanol–water partition coefficient (Wildman–Crippen LogP) is 3.22. The number of nitrogens with one attached hydrogen (secondary N) is 3. The molecular weight excluding hydrogens is 587 g/mol. The van der Waals surface area contributed by atoms with E-state index in [0.717, 1.165) is 32.5 Å². The number of carbonyl (C=O) groups excluding carboxylic acids is 2. The maximum Gasteiger partial charge on any atom is 0.315 e. The van der Waals surface area contributed by atoms with E-state index in [9.17, 15) is 18.0 Å². The van der Waals surface area contributed by atoms with Crippen molar-refractivity contribution < 1.29 is 27.1 Å². The molecule has 0 atom stereocenters. The molecule has 2 aromatic rings. The van der Waals surface area contributed by atoms with Gasteiger partial charge in [-0.25, -0.2) is 17.6 Å². The molecule has 11 nitrogen and oxygen atoms in total. The minimum Gasteiger partial charge on any atom is -0.382 e. The standard InChI is InChI=1S/C31H43FN6O5S/c1-31(2)15-25-28(44(41,42)18-31)22-16-43-17-26(22)38(25)21-13-23(32)27(29(33)39)24(14-21)35-19-5-7-20(8-6-19)36-30(40)34-9-12-37-10-3-4-11-37/h13-14,19-20,35H,3-12,15-18H2,1-2H3,(H2,33,39)(H2,34,36,40)/t19-,20-. The van der Waals surface area contributed by atoms with Gasteiger partial charge < -0.3 is 35.9 Å². The van der Waals surface area contributed by atoms with Crippen molar-refractivity contribution in [3.8, 4) is 5.69 Å². The molecule has 0 radical (unpaired) electrons. The molecular formula is C31H43FN6O5S. The number of nitrogens with two attached hydrogens (primary N) is 1. The van der Waals surface area contributed by atoms with E-state index in [2.05, 4.69) is 20.9 Å². The molecule has 13 heteroatoms. The third kappa shape index (κ3) is 6.18. The van der Waals surface area contributed by atoms with Crippen molar-refractivity contribution in [3.63, 3.8) is 0 Å². The Kier molecular flexibility index (Phi) is 8.40. The van der Waals surface area contributed by atoms with Crippen LogP contribution < -0.4 is 21.7 Å². The number of anilines is 1. The maximum absolute atomic E-state index is 15.6. The number of likely N-dealkylation sites (tertiary alicyclic amines) is 1. The van der Waals surface area contributed by atoms with Crippen LogP contribution in [0.15, 0.2) is 17.0 Å². The number of sulfone groups is 1. The number of urea groups is 1. The number of aromatic nitrogens is 1. The maximum atomic E-state index is 15.6. The van der Waals surface area contributed by atoms with Crippen LogP contribution in [0.25, 0.3) is 5.69 Å². The van der Waals surface area contributed by atoms with E-state index in [1.54, 1.807) is 10.6 Å². The fourth-order valence-electron chi connectivity index (χ4n) is 7.44. The first-order valence-corrected chi connectivity index (χ1v) is 17.3. The molecule has 0 unspecified atom stereocenters. The normalized spacial score (nSPS) is 24.0. The molecule has 1 aliphatic carbocycles. The summed E-state index contributed by atoms with van der Waals surface area (Å²) in [5.74, 6) is -1.63. The first kappa shape index (κ1) is 30.8. The number of primary amides is 1. The number of ether oxygens (including phenoxy) is 1. The van der Waals surface area contributed by atoms with Crippen LogP contribution in [0.4, 0.5) is 14.9 Å². The molecule has 0 spiro atoms. The number of carbonyl (C=O) groups is 2. The second kappa shape index (κ2) is 12.0. The molecule has 1 saturated heterocycles. The lowest BCUT2D eigenvalue weighted by molar-refractivity contribution is 0.0997. The number of amides is 3. The topological polar surface area (TPSA) is 148 Å². The van der Waals surface area contributed by atoms with Gasteiger partial charge in [0, 0.05) is 36.4 Å². The van der Waals surface area contributed by atoms with Gasteiger partial charge in [0.05, 0.1) is 46.5 Å². The van der Waals surface area contributed by atoms with Crippen LogP contribution in [0.2, 0.25) is 0 Å². The molecule has 4 aliphatic rings. The highest BCUT2D eigenvalue weighted by atomic mass is 32.2. The third-order valence-electron chi connectivity index (χ3n) is 9.36. The number of nitrogens with zero attached hydrogens (tertiary/aromatic N) is 2. The fourth-order valence-corrected chi connectivity index (χ4v) is 9.79. The Balaban J connectivity index is 1.19. The van der Waals surface area contributed by atoms with Gasteiger partial charge >= 0.3 is 6.03 Å². The lowest BCUT2D eigenvalue weighted by Crippen LogP contribution is -2.46. The van der Waals surface area contributed by atoms with E-state index in [4.69, 9.17) is 10.5 Å². The van der Waals surface area contributed by atoms with E-state index < -0.39 is 27.0 Å². The van der Waals surface area contributed by atoms with Crippen LogP contribution in [-0.2, 0) is 34.2 Å². The molecule has 44 heavy (non-hydrogen) atoms. The summed E-state index contributed by atoms with van der Waals surface area (Å²) in [4.78, 5) is 27.5. The molecule has 1 saturated carbocycles. The highest BCUT2D eigenvalue weighted by Gasteiger charge is 2.43. The van der Waals surface area contributed by atoms with Gasteiger partial charge in [-0.2, -0.15) is 0 Å². The van der Waals surface area contributed by atoms with Crippen LogP contribution in [0, 0.1) is 11.2 Å². The van der Waals surface area contributed by atoms with Crippen LogP contribution in [0.5, 0.6) is 0 Å². The van der Waals surface area contributed by atoms with E-state index in [1.165, 1.54) is 18.9 Å². The molecule has 3 amide bonds. The van der Waals surface area contributed by atoms with Gasteiger partial charge in [-0.3, -0.25) is 4.79 Å². The Morgan fingerprint density at radius 2 is 1.77 bits per heavy atom. The van der Waals surface area contributed by atoms with Crippen molar-refractivity contribution >= 4 is 27.5 Å². The van der Waals surface area contributed by atoms with Crippen LogP contribution >= 0.6 is 0 Å². The van der Waals surface area contributed by atoms with E-state index >= 15 is 4.39 Å². The van der Waals surface area contributed by atoms with Crippen molar-refractivity contribution in [2.75, 3.05) is 37.2 Å². The van der Waals surface area contributed by atoms with Crippen molar-refractivity contribution in [3.05, 3.63) is 40.5 Å². The van der Waals surface area contributed by atoms with E-state index in [0.29, 0.717) is 53.3 Å². The van der Waals surface area contributed by atoms with Crippen LogP contribution in [-0.4, -0.2) is 73.8 Å². The fraction of sp³-hybridized carbons (Fsp3) is 0.613. The van der Waals surface area contributed by atoms with Gasteiger partial charge in [0.1, 0.15) is 5.82 Å². The van der Waals surface area contributed by atoms with Gasteiger partial charge in [0.25, 0.3) is 5.91 Å². The number of hydrogen-bond donors (Lipinski definition) is 4. The number of rotatable bonds is 8. The first-order chi connectivity index (χ1) is 20.9. The summed E-state index contributed by atoms with van der Waals surface area (Å²) in [5.41, 5.74) is 7.56. The highest BCUT2D eigenvalue weighted by molar-refractivity contribution is 7.91. The summed E-state index contributed by atoms with van der Waals surface area (Å²) < 4.78 is 49.9. The van der Waals surface area contributed by atoms with Gasteiger partial charge in [-0.1, -0.05) is 13.8 Å². The lowest BCUT2D eigenvalue weighted by atomic mass is 9.89. The molecule has 6 rings (SSSR count). The zero-order chi connectivity index (χ0) is 31.2. The minimum atomic E-state index is -3.57. The molecule has 1 aromatic heterocycles. The number of fused-ring (bicyclic) bond motifs is 3. The number of hydrogen-bond acceptors (Lipinski definition) is 7. The van der Waals surface area contributed by atoms with Crippen molar-refractivity contribution in [1.29, 1.82) is 0 Å². The Morgan fingerprint density at radius 1 is 1.07 bits per heavy atom. The lowest BCUT2D eigenvalue weighted by Gasteiger charge is -2.32. The quantitative estimate of drug-likeness (QED) is 0.350. The average molecular weight is 631 g/mol. The number of benzene rings is 1. The second-order valence-corrected chi connectivity index (χ2v) is 15.4. The van der Waals surface area contributed by atoms with Crippen LogP contribution in [0.3, 0.4) is 0 Å². The molecule has 240 valence electrons. The number of halogens is 1. The van der Waals surface area contributed by atoms with Gasteiger partial charge in [0.2, 0.25) is 0 Å². The Bertz CT molecular complexity index is 1560.